The van der Waals surface area contributed by atoms with Crippen LogP contribution in [0.2, 0.25) is 0 Å². The molecule has 2 aliphatic rings. The van der Waals surface area contributed by atoms with Gasteiger partial charge >= 0.3 is 0 Å². The highest BCUT2D eigenvalue weighted by Gasteiger charge is 2.52. The minimum atomic E-state index is 0.440. The fourth-order valence-electron chi connectivity index (χ4n) is 2.38. The van der Waals surface area contributed by atoms with Gasteiger partial charge in [-0.15, -0.1) is 0 Å². The first kappa shape index (κ1) is 6.20. The molecule has 0 radical (unpaired) electrons. The molecule has 0 aromatic carbocycles. The van der Waals surface area contributed by atoms with Crippen LogP contribution in [0.1, 0.15) is 32.1 Å². The second kappa shape index (κ2) is 1.74. The third-order valence-corrected chi connectivity index (χ3v) is 3.17. The Labute approximate surface area is 61.3 Å². The summed E-state index contributed by atoms with van der Waals surface area (Å²) < 4.78 is 0. The third kappa shape index (κ3) is 0.678. The molecule has 3 N–H and O–H groups in total. The molecule has 0 bridgehead atoms. The van der Waals surface area contributed by atoms with E-state index in [0.29, 0.717) is 17.2 Å². The topological polar surface area (TPSA) is 49.9 Å². The summed E-state index contributed by atoms with van der Waals surface area (Å²) in [5, 5.41) is 7.36. The van der Waals surface area contributed by atoms with Crippen molar-refractivity contribution in [3.05, 3.63) is 0 Å². The lowest BCUT2D eigenvalue weighted by molar-refractivity contribution is 0.457. The SMILES string of the molecule is N=C(N)[C@@H]1CCCC12CC2. The molecular weight excluding hydrogens is 124 g/mol. The van der Waals surface area contributed by atoms with Crippen LogP contribution < -0.4 is 5.73 Å². The first-order chi connectivity index (χ1) is 4.75. The molecule has 1 spiro atoms. The Bertz CT molecular complexity index is 170. The predicted molar refractivity (Wildman–Crippen MR) is 40.9 cm³/mol. The second-order valence-corrected chi connectivity index (χ2v) is 3.76. The molecule has 0 aromatic rings. The van der Waals surface area contributed by atoms with Gasteiger partial charge in [-0.2, -0.15) is 0 Å². The van der Waals surface area contributed by atoms with Gasteiger partial charge < -0.3 is 5.73 Å². The van der Waals surface area contributed by atoms with Crippen LogP contribution in [0, 0.1) is 16.7 Å². The fraction of sp³-hybridized carbons (Fsp3) is 0.875. The maximum atomic E-state index is 7.36. The van der Waals surface area contributed by atoms with Gasteiger partial charge in [0, 0.05) is 5.92 Å². The number of nitrogens with one attached hydrogen (secondary N) is 1. The van der Waals surface area contributed by atoms with E-state index in [0.717, 1.165) is 0 Å². The van der Waals surface area contributed by atoms with Crippen molar-refractivity contribution in [3.63, 3.8) is 0 Å². The smallest absolute Gasteiger partial charge is 0.0942 e. The van der Waals surface area contributed by atoms with Crippen molar-refractivity contribution in [2.24, 2.45) is 17.1 Å². The largest absolute Gasteiger partial charge is 0.387 e. The summed E-state index contributed by atoms with van der Waals surface area (Å²) in [5.74, 6) is 0.891. The average molecular weight is 138 g/mol. The highest BCUT2D eigenvalue weighted by Crippen LogP contribution is 2.61. The summed E-state index contributed by atoms with van der Waals surface area (Å²) >= 11 is 0. The number of nitrogens with two attached hydrogens (primary N) is 1. The Balaban J connectivity index is 2.14. The van der Waals surface area contributed by atoms with Crippen molar-refractivity contribution in [2.45, 2.75) is 32.1 Å². The molecule has 56 valence electrons. The zero-order chi connectivity index (χ0) is 7.19. The first-order valence-corrected chi connectivity index (χ1v) is 4.08. The van der Waals surface area contributed by atoms with Crippen LogP contribution in [0.15, 0.2) is 0 Å². The molecule has 0 heterocycles. The van der Waals surface area contributed by atoms with E-state index in [1.807, 2.05) is 0 Å². The van der Waals surface area contributed by atoms with Crippen LogP contribution in [0.5, 0.6) is 0 Å². The molecule has 0 amide bonds. The normalized spacial score (nSPS) is 34.6. The molecule has 10 heavy (non-hydrogen) atoms. The van der Waals surface area contributed by atoms with Gasteiger partial charge in [0.1, 0.15) is 0 Å². The first-order valence-electron chi connectivity index (χ1n) is 4.08. The van der Waals surface area contributed by atoms with Crippen LogP contribution in [0.4, 0.5) is 0 Å². The van der Waals surface area contributed by atoms with E-state index < -0.39 is 0 Å². The van der Waals surface area contributed by atoms with Crippen LogP contribution in [-0.4, -0.2) is 5.84 Å². The molecule has 0 unspecified atom stereocenters. The Morgan fingerprint density at radius 1 is 1.40 bits per heavy atom. The summed E-state index contributed by atoms with van der Waals surface area (Å²) in [7, 11) is 0. The van der Waals surface area contributed by atoms with Crippen LogP contribution in [0.3, 0.4) is 0 Å². The number of hydrogen-bond donors (Lipinski definition) is 2. The highest BCUT2D eigenvalue weighted by atomic mass is 14.8. The zero-order valence-corrected chi connectivity index (χ0v) is 6.19. The van der Waals surface area contributed by atoms with Crippen molar-refractivity contribution in [1.29, 1.82) is 5.41 Å². The van der Waals surface area contributed by atoms with Crippen molar-refractivity contribution in [1.82, 2.24) is 0 Å². The molecule has 2 heteroatoms. The standard InChI is InChI=1S/C8H14N2/c9-7(10)6-2-1-3-8(6)4-5-8/h6H,1-5H2,(H3,9,10)/t6-/m0/s1. The maximum Gasteiger partial charge on any atom is 0.0942 e. The second-order valence-electron chi connectivity index (χ2n) is 3.76. The maximum absolute atomic E-state index is 7.36. The molecule has 2 fully saturated rings. The quantitative estimate of drug-likeness (QED) is 0.418. The van der Waals surface area contributed by atoms with Crippen molar-refractivity contribution < 1.29 is 0 Å². The Kier molecular flexibility index (Phi) is 1.08. The summed E-state index contributed by atoms with van der Waals surface area (Å²) in [5.41, 5.74) is 6.03. The molecule has 2 saturated carbocycles. The van der Waals surface area contributed by atoms with E-state index >= 15 is 0 Å². The Hall–Kier alpha value is -0.530. The van der Waals surface area contributed by atoms with E-state index in [2.05, 4.69) is 0 Å². The molecule has 2 rings (SSSR count). The Morgan fingerprint density at radius 2 is 2.10 bits per heavy atom. The molecule has 0 saturated heterocycles. The number of amidine groups is 1. The molecule has 2 nitrogen and oxygen atoms in total. The summed E-state index contributed by atoms with van der Waals surface area (Å²) in [6.07, 6.45) is 6.46. The van der Waals surface area contributed by atoms with Gasteiger partial charge in [-0.3, -0.25) is 5.41 Å². The number of hydrogen-bond acceptors (Lipinski definition) is 1. The lowest BCUT2D eigenvalue weighted by atomic mass is 9.92. The zero-order valence-electron chi connectivity index (χ0n) is 6.19. The predicted octanol–water partition coefficient (Wildman–Crippen LogP) is 1.50. The Morgan fingerprint density at radius 3 is 2.50 bits per heavy atom. The fourth-order valence-corrected chi connectivity index (χ4v) is 2.38. The molecule has 0 aliphatic heterocycles. The lowest BCUT2D eigenvalue weighted by Crippen LogP contribution is -2.26. The summed E-state index contributed by atoms with van der Waals surface area (Å²) in [4.78, 5) is 0. The molecule has 1 atom stereocenters. The monoisotopic (exact) mass is 138 g/mol. The van der Waals surface area contributed by atoms with Gasteiger partial charge in [0.2, 0.25) is 0 Å². The summed E-state index contributed by atoms with van der Waals surface area (Å²) in [6.45, 7) is 0. The van der Waals surface area contributed by atoms with Gasteiger partial charge in [-0.1, -0.05) is 6.42 Å². The highest BCUT2D eigenvalue weighted by molar-refractivity contribution is 5.81. The van der Waals surface area contributed by atoms with Gasteiger partial charge in [-0.25, -0.2) is 0 Å². The lowest BCUT2D eigenvalue weighted by Gasteiger charge is -2.15. The van der Waals surface area contributed by atoms with E-state index in [4.69, 9.17) is 11.1 Å². The van der Waals surface area contributed by atoms with E-state index in [9.17, 15) is 0 Å². The molecular formula is C8H14N2. The van der Waals surface area contributed by atoms with Crippen LogP contribution in [0.25, 0.3) is 0 Å². The van der Waals surface area contributed by atoms with E-state index in [1.54, 1.807) is 0 Å². The average Bonchev–Trinajstić information content (AvgIpc) is 2.42. The van der Waals surface area contributed by atoms with Gasteiger partial charge in [0.05, 0.1) is 5.84 Å². The molecule has 0 aromatic heterocycles. The van der Waals surface area contributed by atoms with E-state index in [1.165, 1.54) is 32.1 Å². The van der Waals surface area contributed by atoms with Crippen molar-refractivity contribution >= 4 is 5.84 Å². The summed E-state index contributed by atoms with van der Waals surface area (Å²) in [6, 6.07) is 0. The van der Waals surface area contributed by atoms with Gasteiger partial charge in [-0.05, 0) is 31.1 Å². The number of rotatable bonds is 1. The minimum Gasteiger partial charge on any atom is -0.387 e. The van der Waals surface area contributed by atoms with Crippen LogP contribution >= 0.6 is 0 Å². The van der Waals surface area contributed by atoms with E-state index in [-0.39, 0.29) is 0 Å². The third-order valence-electron chi connectivity index (χ3n) is 3.17. The van der Waals surface area contributed by atoms with Crippen molar-refractivity contribution in [3.8, 4) is 0 Å². The minimum absolute atomic E-state index is 0.440. The van der Waals surface area contributed by atoms with Crippen LogP contribution in [-0.2, 0) is 0 Å². The van der Waals surface area contributed by atoms with Crippen molar-refractivity contribution in [2.75, 3.05) is 0 Å². The molecule has 2 aliphatic carbocycles. The van der Waals surface area contributed by atoms with Gasteiger partial charge in [0.15, 0.2) is 0 Å². The van der Waals surface area contributed by atoms with Gasteiger partial charge in [0.25, 0.3) is 0 Å².